The summed E-state index contributed by atoms with van der Waals surface area (Å²) in [5.74, 6) is 1.33. The number of hydrogen-bond donors (Lipinski definition) is 0. The standard InChI is InChI=1S/C21H19N3O2S/c1-13-6-8-14(9-7-13)17-10-15(26-24-17)11-25-20-19-16-4-2-3-5-18(16)27-21(19)23-12-22-20/h6-10,12H,2-5,11H2,1H3. The fourth-order valence-electron chi connectivity index (χ4n) is 3.55. The van der Waals surface area contributed by atoms with Crippen molar-refractivity contribution in [2.45, 2.75) is 39.2 Å². The Balaban J connectivity index is 1.39. The number of nitrogens with zero attached hydrogens (tertiary/aromatic N) is 3. The molecule has 4 aromatic rings. The minimum atomic E-state index is 0.301. The highest BCUT2D eigenvalue weighted by Crippen LogP contribution is 2.39. The number of fused-ring (bicyclic) bond motifs is 3. The van der Waals surface area contributed by atoms with Gasteiger partial charge in [0.15, 0.2) is 12.4 Å². The second-order valence-electron chi connectivity index (χ2n) is 6.90. The highest BCUT2D eigenvalue weighted by Gasteiger charge is 2.21. The molecule has 0 saturated carbocycles. The minimum absolute atomic E-state index is 0.301. The van der Waals surface area contributed by atoms with E-state index in [1.807, 2.05) is 18.2 Å². The van der Waals surface area contributed by atoms with Gasteiger partial charge in [-0.1, -0.05) is 35.0 Å². The van der Waals surface area contributed by atoms with Crippen molar-refractivity contribution in [1.82, 2.24) is 15.1 Å². The van der Waals surface area contributed by atoms with Crippen molar-refractivity contribution >= 4 is 21.6 Å². The fourth-order valence-corrected chi connectivity index (χ4v) is 4.77. The van der Waals surface area contributed by atoms with E-state index in [1.54, 1.807) is 17.7 Å². The number of benzene rings is 1. The van der Waals surface area contributed by atoms with E-state index in [4.69, 9.17) is 9.26 Å². The average molecular weight is 377 g/mol. The van der Waals surface area contributed by atoms with Crippen molar-refractivity contribution in [3.8, 4) is 17.1 Å². The Morgan fingerprint density at radius 2 is 1.96 bits per heavy atom. The summed E-state index contributed by atoms with van der Waals surface area (Å²) in [5.41, 5.74) is 4.44. The van der Waals surface area contributed by atoms with Crippen molar-refractivity contribution in [3.05, 3.63) is 58.4 Å². The van der Waals surface area contributed by atoms with Crippen molar-refractivity contribution in [1.29, 1.82) is 0 Å². The van der Waals surface area contributed by atoms with E-state index in [9.17, 15) is 0 Å². The van der Waals surface area contributed by atoms with Gasteiger partial charge < -0.3 is 9.26 Å². The lowest BCUT2D eigenvalue weighted by Gasteiger charge is -2.11. The van der Waals surface area contributed by atoms with Gasteiger partial charge in [-0.2, -0.15) is 0 Å². The van der Waals surface area contributed by atoms with Gasteiger partial charge in [-0.15, -0.1) is 11.3 Å². The zero-order chi connectivity index (χ0) is 18.2. The normalized spacial score (nSPS) is 13.7. The lowest BCUT2D eigenvalue weighted by atomic mass is 9.97. The van der Waals surface area contributed by atoms with Crippen LogP contribution < -0.4 is 4.74 Å². The summed E-state index contributed by atoms with van der Waals surface area (Å²) < 4.78 is 11.5. The molecule has 0 aliphatic heterocycles. The van der Waals surface area contributed by atoms with E-state index < -0.39 is 0 Å². The third-order valence-electron chi connectivity index (χ3n) is 4.97. The minimum Gasteiger partial charge on any atom is -0.469 e. The molecule has 5 rings (SSSR count). The van der Waals surface area contributed by atoms with Gasteiger partial charge in [-0.25, -0.2) is 9.97 Å². The monoisotopic (exact) mass is 377 g/mol. The quantitative estimate of drug-likeness (QED) is 0.494. The second-order valence-corrected chi connectivity index (χ2v) is 7.99. The van der Waals surface area contributed by atoms with Gasteiger partial charge in [0.25, 0.3) is 0 Å². The van der Waals surface area contributed by atoms with Gasteiger partial charge in [0.1, 0.15) is 16.9 Å². The maximum absolute atomic E-state index is 6.02. The Morgan fingerprint density at radius 3 is 2.85 bits per heavy atom. The van der Waals surface area contributed by atoms with Crippen LogP contribution >= 0.6 is 11.3 Å². The summed E-state index contributed by atoms with van der Waals surface area (Å²) in [4.78, 5) is 11.3. The molecule has 0 unspecified atom stereocenters. The topological polar surface area (TPSA) is 61.0 Å². The summed E-state index contributed by atoms with van der Waals surface area (Å²) in [6.45, 7) is 2.37. The molecule has 0 saturated heterocycles. The van der Waals surface area contributed by atoms with Gasteiger partial charge in [0.05, 0.1) is 5.39 Å². The summed E-state index contributed by atoms with van der Waals surface area (Å²) >= 11 is 1.77. The first-order chi connectivity index (χ1) is 13.3. The zero-order valence-corrected chi connectivity index (χ0v) is 15.9. The second kappa shape index (κ2) is 6.78. The van der Waals surface area contributed by atoms with Gasteiger partial charge in [-0.05, 0) is 38.2 Å². The fraction of sp³-hybridized carbons (Fsp3) is 0.286. The van der Waals surface area contributed by atoms with E-state index >= 15 is 0 Å². The first-order valence-electron chi connectivity index (χ1n) is 9.18. The lowest BCUT2D eigenvalue weighted by Crippen LogP contribution is -2.01. The summed E-state index contributed by atoms with van der Waals surface area (Å²) in [6, 6.07) is 10.1. The van der Waals surface area contributed by atoms with Gasteiger partial charge in [-0.3, -0.25) is 0 Å². The predicted octanol–water partition coefficient (Wildman–Crippen LogP) is 5.11. The molecule has 6 heteroatoms. The Kier molecular flexibility index (Phi) is 4.13. The molecule has 1 aromatic carbocycles. The number of ether oxygens (including phenoxy) is 1. The molecule has 5 nitrogen and oxygen atoms in total. The number of aryl methyl sites for hydroxylation is 3. The molecule has 0 fully saturated rings. The lowest BCUT2D eigenvalue weighted by molar-refractivity contribution is 0.244. The van der Waals surface area contributed by atoms with Crippen LogP contribution in [0.4, 0.5) is 0 Å². The van der Waals surface area contributed by atoms with Crippen molar-refractivity contribution < 1.29 is 9.26 Å². The molecule has 3 aromatic heterocycles. The molecule has 0 bridgehead atoms. The molecule has 136 valence electrons. The van der Waals surface area contributed by atoms with Gasteiger partial charge in [0.2, 0.25) is 5.88 Å². The molecule has 3 heterocycles. The van der Waals surface area contributed by atoms with Gasteiger partial charge >= 0.3 is 0 Å². The van der Waals surface area contributed by atoms with Crippen LogP contribution in [0.5, 0.6) is 5.88 Å². The van der Waals surface area contributed by atoms with E-state index in [1.165, 1.54) is 28.8 Å². The summed E-state index contributed by atoms with van der Waals surface area (Å²) in [6.07, 6.45) is 6.27. The van der Waals surface area contributed by atoms with E-state index in [0.717, 1.165) is 34.3 Å². The van der Waals surface area contributed by atoms with Crippen molar-refractivity contribution in [3.63, 3.8) is 0 Å². The predicted molar refractivity (Wildman–Crippen MR) is 105 cm³/mol. The zero-order valence-electron chi connectivity index (χ0n) is 15.1. The van der Waals surface area contributed by atoms with Crippen LogP contribution in [0.1, 0.15) is 34.6 Å². The van der Waals surface area contributed by atoms with Crippen LogP contribution in [0.25, 0.3) is 21.5 Å². The molecule has 27 heavy (non-hydrogen) atoms. The first kappa shape index (κ1) is 16.4. The van der Waals surface area contributed by atoms with Crippen LogP contribution in [-0.2, 0) is 19.4 Å². The SMILES string of the molecule is Cc1ccc(-c2cc(COc3ncnc4sc5c(c34)CCCC5)on2)cc1. The highest BCUT2D eigenvalue weighted by atomic mass is 32.1. The summed E-state index contributed by atoms with van der Waals surface area (Å²) in [5, 5.41) is 5.24. The first-order valence-corrected chi connectivity index (χ1v) is 10.0. The maximum Gasteiger partial charge on any atom is 0.226 e. The van der Waals surface area contributed by atoms with Crippen LogP contribution in [0.2, 0.25) is 0 Å². The van der Waals surface area contributed by atoms with Crippen molar-refractivity contribution in [2.75, 3.05) is 0 Å². The average Bonchev–Trinajstić information content (AvgIpc) is 3.31. The molecule has 1 aliphatic rings. The largest absolute Gasteiger partial charge is 0.469 e. The number of rotatable bonds is 4. The maximum atomic E-state index is 6.02. The van der Waals surface area contributed by atoms with Gasteiger partial charge in [0, 0.05) is 16.5 Å². The number of hydrogen-bond acceptors (Lipinski definition) is 6. The molecule has 0 atom stereocenters. The molecule has 1 aliphatic carbocycles. The van der Waals surface area contributed by atoms with Crippen molar-refractivity contribution in [2.24, 2.45) is 0 Å². The highest BCUT2D eigenvalue weighted by molar-refractivity contribution is 7.18. The smallest absolute Gasteiger partial charge is 0.226 e. The molecule has 0 amide bonds. The van der Waals surface area contributed by atoms with Crippen LogP contribution in [0.15, 0.2) is 41.2 Å². The van der Waals surface area contributed by atoms with E-state index in [0.29, 0.717) is 18.2 Å². The molecule has 0 N–H and O–H groups in total. The van der Waals surface area contributed by atoms with E-state index in [2.05, 4.69) is 34.2 Å². The Hall–Kier alpha value is -2.73. The number of thiophene rings is 1. The number of aromatic nitrogens is 3. The third-order valence-corrected chi connectivity index (χ3v) is 6.17. The Morgan fingerprint density at radius 1 is 1.11 bits per heavy atom. The Labute approximate surface area is 161 Å². The van der Waals surface area contributed by atoms with Crippen LogP contribution in [-0.4, -0.2) is 15.1 Å². The summed E-state index contributed by atoms with van der Waals surface area (Å²) in [7, 11) is 0. The molecule has 0 spiro atoms. The van der Waals surface area contributed by atoms with E-state index in [-0.39, 0.29) is 0 Å². The third kappa shape index (κ3) is 3.10. The molecular formula is C21H19N3O2S. The molecule has 0 radical (unpaired) electrons. The Bertz CT molecular complexity index is 1100. The molecular weight excluding hydrogens is 358 g/mol. The van der Waals surface area contributed by atoms with Crippen LogP contribution in [0.3, 0.4) is 0 Å². The van der Waals surface area contributed by atoms with Crippen LogP contribution in [0, 0.1) is 6.92 Å².